The Kier molecular flexibility index (Phi) is 6.04. The van der Waals surface area contributed by atoms with Crippen molar-refractivity contribution in [2.75, 3.05) is 25.5 Å². The van der Waals surface area contributed by atoms with Crippen molar-refractivity contribution in [1.82, 2.24) is 15.0 Å². The molecule has 1 aliphatic heterocycles. The first-order chi connectivity index (χ1) is 16.2. The van der Waals surface area contributed by atoms with Crippen LogP contribution in [0.5, 0.6) is 5.75 Å². The van der Waals surface area contributed by atoms with Crippen LogP contribution in [-0.2, 0) is 6.54 Å². The molecule has 4 aromatic rings. The number of fused-ring (bicyclic) bond motifs is 1. The number of benzene rings is 2. The highest BCUT2D eigenvalue weighted by Gasteiger charge is 2.26. The molecule has 1 aliphatic rings. The topological polar surface area (TPSA) is 80.5 Å². The van der Waals surface area contributed by atoms with Crippen LogP contribution < -0.4 is 10.1 Å². The van der Waals surface area contributed by atoms with Gasteiger partial charge in [-0.3, -0.25) is 14.7 Å². The van der Waals surface area contributed by atoms with Gasteiger partial charge in [-0.2, -0.15) is 0 Å². The molecule has 168 valence electrons. The molecule has 3 heterocycles. The average Bonchev–Trinajstić information content (AvgIpc) is 3.36. The van der Waals surface area contributed by atoms with E-state index in [1.54, 1.807) is 25.3 Å². The lowest BCUT2D eigenvalue weighted by Crippen LogP contribution is -2.34. The normalized spacial score (nSPS) is 16.6. The Bertz CT molecular complexity index is 1260. The maximum absolute atomic E-state index is 12.7. The number of rotatable bonds is 6. The number of likely N-dealkylation sites (tertiary alicyclic amines) is 1. The van der Waals surface area contributed by atoms with Crippen molar-refractivity contribution in [2.24, 2.45) is 0 Å². The number of amides is 1. The number of ether oxygens (including phenoxy) is 1. The van der Waals surface area contributed by atoms with Gasteiger partial charge in [-0.1, -0.05) is 35.5 Å². The number of aromatic nitrogens is 2. The van der Waals surface area contributed by atoms with Crippen molar-refractivity contribution in [2.45, 2.75) is 25.3 Å². The van der Waals surface area contributed by atoms with Crippen LogP contribution in [0.25, 0.3) is 10.9 Å². The molecule has 0 aliphatic carbocycles. The summed E-state index contributed by atoms with van der Waals surface area (Å²) in [5.74, 6) is 0.683. The molecule has 1 atom stereocenters. The summed E-state index contributed by atoms with van der Waals surface area (Å²) >= 11 is 0. The van der Waals surface area contributed by atoms with E-state index in [-0.39, 0.29) is 17.6 Å². The lowest BCUT2D eigenvalue weighted by molar-refractivity contribution is 0.0987. The third-order valence-corrected chi connectivity index (χ3v) is 6.16. The smallest absolute Gasteiger partial charge is 0.294 e. The summed E-state index contributed by atoms with van der Waals surface area (Å²) in [7, 11) is 1.57. The van der Waals surface area contributed by atoms with Gasteiger partial charge in [-0.25, -0.2) is 0 Å². The summed E-state index contributed by atoms with van der Waals surface area (Å²) in [4.78, 5) is 19.6. The molecule has 7 heteroatoms. The van der Waals surface area contributed by atoms with E-state index >= 15 is 0 Å². The van der Waals surface area contributed by atoms with E-state index in [0.29, 0.717) is 11.4 Å². The van der Waals surface area contributed by atoms with Crippen LogP contribution in [0.1, 0.15) is 40.6 Å². The molecule has 0 saturated carbocycles. The van der Waals surface area contributed by atoms with Gasteiger partial charge >= 0.3 is 0 Å². The summed E-state index contributed by atoms with van der Waals surface area (Å²) in [6, 6.07) is 19.4. The van der Waals surface area contributed by atoms with Crippen LogP contribution in [0.2, 0.25) is 0 Å². The fourth-order valence-corrected chi connectivity index (χ4v) is 4.49. The molecule has 0 unspecified atom stereocenters. The Morgan fingerprint density at radius 2 is 2.03 bits per heavy atom. The van der Waals surface area contributed by atoms with Crippen molar-refractivity contribution in [3.05, 3.63) is 83.9 Å². The van der Waals surface area contributed by atoms with E-state index in [1.807, 2.05) is 30.5 Å². The second kappa shape index (κ2) is 9.42. The number of carbonyl (C=O) groups excluding carboxylic acids is 1. The summed E-state index contributed by atoms with van der Waals surface area (Å²) in [5.41, 5.74) is 3.71. The molecule has 1 amide bonds. The Morgan fingerprint density at radius 1 is 1.18 bits per heavy atom. The van der Waals surface area contributed by atoms with E-state index in [1.165, 1.54) is 10.9 Å². The highest BCUT2D eigenvalue weighted by molar-refractivity contribution is 6.03. The van der Waals surface area contributed by atoms with Gasteiger partial charge in [0.25, 0.3) is 5.91 Å². The monoisotopic (exact) mass is 442 g/mol. The summed E-state index contributed by atoms with van der Waals surface area (Å²) in [6.07, 6.45) is 3.97. The first-order valence-corrected chi connectivity index (χ1v) is 11.2. The third kappa shape index (κ3) is 4.59. The van der Waals surface area contributed by atoms with Gasteiger partial charge in [0.1, 0.15) is 5.75 Å². The van der Waals surface area contributed by atoms with Crippen molar-refractivity contribution >= 4 is 22.5 Å². The standard InChI is InChI=1S/C26H26N4O3/c1-32-24-11-5-4-10-22(24)28-26(31)25-15-23(29-33-25)19-7-6-14-30(17-19)16-18-12-13-27-21-9-3-2-8-20(18)21/h2-5,8-13,15,19H,6-7,14,16-17H2,1H3,(H,28,31)/t19-/m1/s1. The minimum atomic E-state index is -0.339. The molecule has 33 heavy (non-hydrogen) atoms. The number of piperidine rings is 1. The maximum Gasteiger partial charge on any atom is 0.294 e. The Balaban J connectivity index is 1.27. The molecule has 1 fully saturated rings. The molecular weight excluding hydrogens is 416 g/mol. The van der Waals surface area contributed by atoms with Crippen LogP contribution in [0.3, 0.4) is 0 Å². The zero-order valence-electron chi connectivity index (χ0n) is 18.5. The first-order valence-electron chi connectivity index (χ1n) is 11.2. The van der Waals surface area contributed by atoms with Crippen LogP contribution in [0, 0.1) is 0 Å². The highest BCUT2D eigenvalue weighted by Crippen LogP contribution is 2.29. The molecule has 0 radical (unpaired) electrons. The van der Waals surface area contributed by atoms with Gasteiger partial charge in [0.05, 0.1) is 24.0 Å². The number of nitrogens with zero attached hydrogens (tertiary/aromatic N) is 3. The Hall–Kier alpha value is -3.71. The molecule has 2 aromatic carbocycles. The predicted octanol–water partition coefficient (Wildman–Crippen LogP) is 4.86. The van der Waals surface area contributed by atoms with Crippen LogP contribution in [0.15, 0.2) is 71.4 Å². The zero-order valence-corrected chi connectivity index (χ0v) is 18.5. The molecule has 1 saturated heterocycles. The van der Waals surface area contributed by atoms with Crippen LogP contribution >= 0.6 is 0 Å². The predicted molar refractivity (Wildman–Crippen MR) is 126 cm³/mol. The van der Waals surface area contributed by atoms with E-state index in [9.17, 15) is 4.79 Å². The van der Waals surface area contributed by atoms with Gasteiger partial charge in [0.15, 0.2) is 0 Å². The van der Waals surface area contributed by atoms with Gasteiger partial charge in [-0.05, 0) is 49.2 Å². The molecule has 7 nitrogen and oxygen atoms in total. The molecule has 2 aromatic heterocycles. The molecule has 1 N–H and O–H groups in total. The minimum Gasteiger partial charge on any atom is -0.495 e. The van der Waals surface area contributed by atoms with Gasteiger partial charge in [0, 0.05) is 36.7 Å². The SMILES string of the molecule is COc1ccccc1NC(=O)c1cc([C@@H]2CCCN(Cc3ccnc4ccccc34)C2)no1. The third-order valence-electron chi connectivity index (χ3n) is 6.16. The molecule has 5 rings (SSSR count). The highest BCUT2D eigenvalue weighted by atomic mass is 16.5. The van der Waals surface area contributed by atoms with Crippen LogP contribution in [-0.4, -0.2) is 41.1 Å². The number of methoxy groups -OCH3 is 1. The lowest BCUT2D eigenvalue weighted by atomic mass is 9.94. The van der Waals surface area contributed by atoms with E-state index in [0.717, 1.165) is 43.7 Å². The minimum absolute atomic E-state index is 0.202. The number of para-hydroxylation sites is 3. The molecular formula is C26H26N4O3. The van der Waals surface area contributed by atoms with Gasteiger partial charge in [0.2, 0.25) is 5.76 Å². The lowest BCUT2D eigenvalue weighted by Gasteiger charge is -2.32. The van der Waals surface area contributed by atoms with Crippen molar-refractivity contribution in [3.63, 3.8) is 0 Å². The van der Waals surface area contributed by atoms with Crippen molar-refractivity contribution < 1.29 is 14.1 Å². The Labute approximate surface area is 192 Å². The van der Waals surface area contributed by atoms with E-state index in [4.69, 9.17) is 9.26 Å². The first kappa shape index (κ1) is 21.2. The molecule has 0 spiro atoms. The second-order valence-electron chi connectivity index (χ2n) is 8.33. The second-order valence-corrected chi connectivity index (χ2v) is 8.33. The summed E-state index contributed by atoms with van der Waals surface area (Å²) in [5, 5.41) is 8.26. The summed E-state index contributed by atoms with van der Waals surface area (Å²) < 4.78 is 10.7. The fourth-order valence-electron chi connectivity index (χ4n) is 4.49. The Morgan fingerprint density at radius 3 is 2.94 bits per heavy atom. The maximum atomic E-state index is 12.7. The largest absolute Gasteiger partial charge is 0.495 e. The quantitative estimate of drug-likeness (QED) is 0.459. The number of pyridine rings is 1. The zero-order chi connectivity index (χ0) is 22.6. The van der Waals surface area contributed by atoms with E-state index < -0.39 is 0 Å². The molecule has 0 bridgehead atoms. The van der Waals surface area contributed by atoms with Gasteiger partial charge < -0.3 is 14.6 Å². The average molecular weight is 443 g/mol. The van der Waals surface area contributed by atoms with Crippen LogP contribution in [0.4, 0.5) is 5.69 Å². The van der Waals surface area contributed by atoms with Crippen molar-refractivity contribution in [1.29, 1.82) is 0 Å². The number of hydrogen-bond donors (Lipinski definition) is 1. The number of nitrogens with one attached hydrogen (secondary N) is 1. The van der Waals surface area contributed by atoms with E-state index in [2.05, 4.69) is 38.6 Å². The van der Waals surface area contributed by atoms with Crippen molar-refractivity contribution in [3.8, 4) is 5.75 Å². The number of carbonyl (C=O) groups is 1. The summed E-state index contributed by atoms with van der Waals surface area (Å²) in [6.45, 7) is 2.77. The van der Waals surface area contributed by atoms with Gasteiger partial charge in [-0.15, -0.1) is 0 Å². The number of hydrogen-bond acceptors (Lipinski definition) is 6. The fraction of sp³-hybridized carbons (Fsp3) is 0.269. The number of anilines is 1.